The molecule has 0 fully saturated rings. The Morgan fingerprint density at radius 3 is 1.89 bits per heavy atom. The zero-order valence-corrected chi connectivity index (χ0v) is 10.7. The average Bonchev–Trinajstić information content (AvgIpc) is 2.95. The molecule has 0 atom stereocenters. The Morgan fingerprint density at radius 2 is 1.50 bits per heavy atom. The first kappa shape index (κ1) is 12.5. The summed E-state index contributed by atoms with van der Waals surface area (Å²) in [6.07, 6.45) is 3.59. The van der Waals surface area contributed by atoms with E-state index in [1.54, 1.807) is 36.4 Å². The van der Waals surface area contributed by atoms with Crippen LogP contribution >= 0.6 is 22.7 Å². The summed E-state index contributed by atoms with van der Waals surface area (Å²) in [7, 11) is 0. The Balaban J connectivity index is 2.13. The number of carboxylic acids is 1. The van der Waals surface area contributed by atoms with Crippen LogP contribution in [0.5, 0.6) is 0 Å². The standard InChI is InChI=1S/C12H8O4S2/c13-11(14)9-5-3-7(17-9)1-2-8-4-6-10(18-8)12(15)16/h1-6H,(H,13,14)(H,15,16)/p+1/b2-1+. The molecule has 0 unspecified atom stereocenters. The fourth-order valence-corrected chi connectivity index (χ4v) is 2.79. The predicted molar refractivity (Wildman–Crippen MR) is 72.5 cm³/mol. The van der Waals surface area contributed by atoms with Gasteiger partial charge in [0.05, 0.1) is 0 Å². The van der Waals surface area contributed by atoms with E-state index < -0.39 is 11.9 Å². The minimum atomic E-state index is -0.933. The summed E-state index contributed by atoms with van der Waals surface area (Å²) in [5.74, 6) is -1.62. The molecule has 0 amide bonds. The quantitative estimate of drug-likeness (QED) is 0.875. The number of hydrogen-bond donors (Lipinski definition) is 1. The van der Waals surface area contributed by atoms with Gasteiger partial charge in [-0.25, -0.2) is 4.79 Å². The molecule has 6 heteroatoms. The molecule has 0 saturated carbocycles. The van der Waals surface area contributed by atoms with Gasteiger partial charge in [0, 0.05) is 14.5 Å². The number of rotatable bonds is 4. The van der Waals surface area contributed by atoms with Crippen molar-refractivity contribution in [1.29, 1.82) is 0 Å². The number of carbonyl (C=O) groups is 2. The van der Waals surface area contributed by atoms with E-state index >= 15 is 0 Å². The molecular weight excluding hydrogens is 272 g/mol. The summed E-state index contributed by atoms with van der Waals surface area (Å²) in [6, 6.07) is 6.65. The normalized spacial score (nSPS) is 10.9. The fraction of sp³-hybridized carbons (Fsp3) is 0. The lowest BCUT2D eigenvalue weighted by Crippen LogP contribution is -1.89. The second-order valence-corrected chi connectivity index (χ2v) is 5.60. The Morgan fingerprint density at radius 1 is 1.00 bits per heavy atom. The molecule has 0 aromatic carbocycles. The van der Waals surface area contributed by atoms with Gasteiger partial charge >= 0.3 is 11.9 Å². The highest BCUT2D eigenvalue weighted by atomic mass is 32.1. The molecule has 0 aliphatic rings. The van der Waals surface area contributed by atoms with Crippen LogP contribution in [-0.2, 0) is 0 Å². The van der Waals surface area contributed by atoms with E-state index in [0.29, 0.717) is 9.75 Å². The van der Waals surface area contributed by atoms with Crippen LogP contribution in [0.3, 0.4) is 0 Å². The van der Waals surface area contributed by atoms with Gasteiger partial charge in [-0.2, -0.15) is 0 Å². The van der Waals surface area contributed by atoms with E-state index in [4.69, 9.17) is 10.2 Å². The molecule has 0 aliphatic heterocycles. The van der Waals surface area contributed by atoms with Crippen LogP contribution in [0.1, 0.15) is 29.1 Å². The SMILES string of the molecule is O=C(O)c1ccc(/C=C/c2ccc(C(=O)[OH2+])s2)s1. The second kappa shape index (κ2) is 5.16. The topological polar surface area (TPSA) is 77.3 Å². The first-order valence-corrected chi connectivity index (χ1v) is 6.56. The van der Waals surface area contributed by atoms with Crippen molar-refractivity contribution in [2.75, 3.05) is 0 Å². The molecule has 3 N–H and O–H groups in total. The van der Waals surface area contributed by atoms with Gasteiger partial charge in [0.25, 0.3) is 0 Å². The molecule has 2 aromatic heterocycles. The van der Waals surface area contributed by atoms with Gasteiger partial charge in [-0.05, 0) is 36.4 Å². The Hall–Kier alpha value is -1.92. The van der Waals surface area contributed by atoms with Crippen LogP contribution in [-0.4, -0.2) is 22.2 Å². The van der Waals surface area contributed by atoms with Crippen molar-refractivity contribution < 1.29 is 19.8 Å². The van der Waals surface area contributed by atoms with Gasteiger partial charge < -0.3 is 10.2 Å². The molecule has 0 aliphatic carbocycles. The Labute approximate surface area is 110 Å². The molecule has 92 valence electrons. The summed E-state index contributed by atoms with van der Waals surface area (Å²) >= 11 is 2.43. The van der Waals surface area contributed by atoms with Crippen LogP contribution in [0.25, 0.3) is 12.2 Å². The molecule has 2 rings (SSSR count). The number of thiophene rings is 2. The van der Waals surface area contributed by atoms with Gasteiger partial charge in [-0.3, -0.25) is 0 Å². The average molecular weight is 281 g/mol. The number of carbonyl (C=O) groups excluding carboxylic acids is 1. The van der Waals surface area contributed by atoms with E-state index in [1.165, 1.54) is 22.7 Å². The van der Waals surface area contributed by atoms with Crippen molar-refractivity contribution in [3.63, 3.8) is 0 Å². The fourth-order valence-electron chi connectivity index (χ4n) is 1.29. The van der Waals surface area contributed by atoms with Crippen LogP contribution in [0, 0.1) is 0 Å². The summed E-state index contributed by atoms with van der Waals surface area (Å²) in [5.41, 5.74) is 0. The molecule has 0 spiro atoms. The zero-order valence-electron chi connectivity index (χ0n) is 9.04. The van der Waals surface area contributed by atoms with E-state index in [2.05, 4.69) is 0 Å². The lowest BCUT2D eigenvalue weighted by Gasteiger charge is -1.84. The maximum atomic E-state index is 10.8. The van der Waals surface area contributed by atoms with Crippen LogP contribution in [0.4, 0.5) is 0 Å². The van der Waals surface area contributed by atoms with Crippen molar-refractivity contribution in [2.45, 2.75) is 0 Å². The smallest absolute Gasteiger partial charge is 0.559 e. The maximum Gasteiger partial charge on any atom is 0.559 e. The van der Waals surface area contributed by atoms with Gasteiger partial charge in [-0.15, -0.1) is 22.7 Å². The number of hydrogen-bond acceptors (Lipinski definition) is 4. The monoisotopic (exact) mass is 281 g/mol. The predicted octanol–water partition coefficient (Wildman–Crippen LogP) is 2.54. The van der Waals surface area contributed by atoms with Crippen molar-refractivity contribution in [3.05, 3.63) is 43.8 Å². The summed E-state index contributed by atoms with van der Waals surface area (Å²) in [4.78, 5) is 23.9. The number of aromatic carboxylic acids is 1. The zero-order chi connectivity index (χ0) is 13.1. The van der Waals surface area contributed by atoms with Crippen LogP contribution < -0.4 is 0 Å². The molecule has 0 bridgehead atoms. The summed E-state index contributed by atoms with van der Waals surface area (Å²) in [6.45, 7) is 0. The second-order valence-electron chi connectivity index (χ2n) is 3.37. The molecule has 2 aromatic rings. The van der Waals surface area contributed by atoms with Gasteiger partial charge in [0.1, 0.15) is 4.88 Å². The third-order valence-corrected chi connectivity index (χ3v) is 4.19. The lowest BCUT2D eigenvalue weighted by atomic mass is 10.3. The third-order valence-electron chi connectivity index (χ3n) is 2.10. The van der Waals surface area contributed by atoms with Crippen molar-refractivity contribution in [2.24, 2.45) is 0 Å². The van der Waals surface area contributed by atoms with E-state index in [-0.39, 0.29) is 0 Å². The Kier molecular flexibility index (Phi) is 3.59. The highest BCUT2D eigenvalue weighted by Crippen LogP contribution is 2.22. The van der Waals surface area contributed by atoms with Gasteiger partial charge in [-0.1, -0.05) is 0 Å². The Bertz CT molecular complexity index is 567. The van der Waals surface area contributed by atoms with E-state index in [9.17, 15) is 9.59 Å². The molecular formula is C12H9O4S2+. The van der Waals surface area contributed by atoms with Crippen LogP contribution in [0.15, 0.2) is 24.3 Å². The van der Waals surface area contributed by atoms with Gasteiger partial charge in [0.2, 0.25) is 0 Å². The minimum Gasteiger partial charge on any atom is -0.560 e. The van der Waals surface area contributed by atoms with Crippen molar-refractivity contribution >= 4 is 46.8 Å². The van der Waals surface area contributed by atoms with E-state index in [0.717, 1.165) is 9.75 Å². The van der Waals surface area contributed by atoms with E-state index in [1.807, 2.05) is 0 Å². The van der Waals surface area contributed by atoms with Gasteiger partial charge in [0.15, 0.2) is 4.88 Å². The first-order valence-electron chi connectivity index (χ1n) is 4.93. The van der Waals surface area contributed by atoms with Crippen molar-refractivity contribution in [1.82, 2.24) is 0 Å². The molecule has 0 saturated heterocycles. The van der Waals surface area contributed by atoms with Crippen LogP contribution in [0.2, 0.25) is 0 Å². The lowest BCUT2D eigenvalue weighted by molar-refractivity contribution is 0.0691. The maximum absolute atomic E-state index is 10.8. The third kappa shape index (κ3) is 2.85. The first-order chi connectivity index (χ1) is 8.56. The highest BCUT2D eigenvalue weighted by molar-refractivity contribution is 7.15. The largest absolute Gasteiger partial charge is 0.560 e. The number of carboxylic acid groups (broad SMARTS) is 1. The molecule has 18 heavy (non-hydrogen) atoms. The minimum absolute atomic E-state index is 0.294. The van der Waals surface area contributed by atoms with Crippen molar-refractivity contribution in [3.8, 4) is 0 Å². The summed E-state index contributed by atoms with van der Waals surface area (Å²) < 4.78 is 0. The molecule has 2 heterocycles. The highest BCUT2D eigenvalue weighted by Gasteiger charge is 2.12. The summed E-state index contributed by atoms with van der Waals surface area (Å²) in [5, 5.41) is 15.7. The molecule has 4 nitrogen and oxygen atoms in total. The molecule has 0 radical (unpaired) electrons.